The van der Waals surface area contributed by atoms with Crippen molar-refractivity contribution in [3.05, 3.63) is 70.7 Å². The van der Waals surface area contributed by atoms with Gasteiger partial charge in [0, 0.05) is 41.0 Å². The lowest BCUT2D eigenvalue weighted by Crippen LogP contribution is -2.44. The Bertz CT molecular complexity index is 1350. The van der Waals surface area contributed by atoms with Gasteiger partial charge in [-0.25, -0.2) is 14.8 Å². The summed E-state index contributed by atoms with van der Waals surface area (Å²) in [5, 5.41) is 3.08. The van der Waals surface area contributed by atoms with Crippen LogP contribution in [-0.2, 0) is 4.79 Å². The van der Waals surface area contributed by atoms with Gasteiger partial charge in [0.15, 0.2) is 0 Å². The summed E-state index contributed by atoms with van der Waals surface area (Å²) in [4.78, 5) is 48.8. The summed E-state index contributed by atoms with van der Waals surface area (Å²) in [5.74, 6) is -1.31. The molecule has 0 bridgehead atoms. The third kappa shape index (κ3) is 4.93. The van der Waals surface area contributed by atoms with Gasteiger partial charge in [0.2, 0.25) is 5.95 Å². The van der Waals surface area contributed by atoms with Crippen LogP contribution in [-0.4, -0.2) is 38.7 Å². The lowest BCUT2D eigenvalue weighted by molar-refractivity contribution is -0.138. The minimum absolute atomic E-state index is 0.163. The molecule has 1 aromatic heterocycles. The summed E-state index contributed by atoms with van der Waals surface area (Å²) >= 11 is 13.5. The zero-order valence-electron chi connectivity index (χ0n) is 18.5. The number of benzene rings is 2. The van der Waals surface area contributed by atoms with E-state index in [1.54, 1.807) is 24.3 Å². The van der Waals surface area contributed by atoms with Crippen LogP contribution in [0, 0.1) is 13.8 Å². The molecule has 1 unspecified atom stereocenters. The highest BCUT2D eigenvalue weighted by Gasteiger charge is 2.45. The molecule has 1 N–H and O–H groups in total. The molecule has 0 saturated carbocycles. The summed E-state index contributed by atoms with van der Waals surface area (Å²) < 4.78 is 7.47. The molecule has 1 atom stereocenters. The van der Waals surface area contributed by atoms with Gasteiger partial charge in [-0.2, -0.15) is 0 Å². The highest BCUT2D eigenvalue weighted by Crippen LogP contribution is 2.45. The van der Waals surface area contributed by atoms with E-state index in [2.05, 4.69) is 79.0 Å². The number of amides is 2. The van der Waals surface area contributed by atoms with Gasteiger partial charge in [-0.1, -0.05) is 6.07 Å². The molecule has 0 saturated heterocycles. The maximum atomic E-state index is 13.1. The van der Waals surface area contributed by atoms with Crippen LogP contribution in [0.1, 0.15) is 39.0 Å². The molecule has 0 aliphatic carbocycles. The minimum Gasteiger partial charge on any atom is -0.425 e. The first-order chi connectivity index (χ1) is 16.5. The molecule has 0 fully saturated rings. The maximum absolute atomic E-state index is 13.1. The molecule has 12 heteroatoms. The first-order valence-electron chi connectivity index (χ1n) is 10.1. The fraction of sp³-hybridized carbons (Fsp3) is 0.174. The zero-order valence-corrected chi connectivity index (χ0v) is 24.8. The second kappa shape index (κ2) is 10.1. The number of anilines is 2. The summed E-state index contributed by atoms with van der Waals surface area (Å²) in [6.45, 7) is 5.18. The van der Waals surface area contributed by atoms with Gasteiger partial charge in [-0.15, -0.1) is 0 Å². The number of halogens is 4. The van der Waals surface area contributed by atoms with E-state index in [-0.39, 0.29) is 16.9 Å². The van der Waals surface area contributed by atoms with Crippen LogP contribution in [0.15, 0.2) is 48.2 Å². The molecule has 0 radical (unpaired) electrons. The number of ether oxygens (including phenoxy) is 1. The number of hydrogen-bond acceptors (Lipinski definition) is 7. The van der Waals surface area contributed by atoms with Gasteiger partial charge in [0.05, 0.1) is 11.1 Å². The average Bonchev–Trinajstić information content (AvgIpc) is 3.05. The molecular weight excluding hydrogens is 716 g/mol. The largest absolute Gasteiger partial charge is 0.425 e. The Morgan fingerprint density at radius 2 is 1.46 bits per heavy atom. The second-order valence-electron chi connectivity index (χ2n) is 7.71. The first-order valence-corrected chi connectivity index (χ1v) is 13.3. The Kier molecular flexibility index (Phi) is 7.46. The average molecular weight is 732 g/mol. The lowest BCUT2D eigenvalue weighted by atomic mass is 10.1. The number of aryl methyl sites for hydroxylation is 2. The Labute approximate surface area is 234 Å². The third-order valence-corrected chi connectivity index (χ3v) is 9.92. The predicted molar refractivity (Wildman–Crippen MR) is 144 cm³/mol. The van der Waals surface area contributed by atoms with E-state index in [9.17, 15) is 14.4 Å². The molecule has 35 heavy (non-hydrogen) atoms. The number of carbonyl (C=O) groups excluding carboxylic acids is 3. The molecule has 1 aliphatic heterocycles. The summed E-state index contributed by atoms with van der Waals surface area (Å²) in [7, 11) is 0. The Morgan fingerprint density at radius 1 is 0.914 bits per heavy atom. The van der Waals surface area contributed by atoms with Crippen molar-refractivity contribution in [2.75, 3.05) is 5.32 Å². The molecule has 180 valence electrons. The van der Waals surface area contributed by atoms with Crippen molar-refractivity contribution < 1.29 is 19.1 Å². The fourth-order valence-corrected chi connectivity index (χ4v) is 6.03. The molecule has 1 aliphatic rings. The molecule has 2 amide bonds. The van der Waals surface area contributed by atoms with E-state index >= 15 is 0 Å². The minimum atomic E-state index is -1.17. The fourth-order valence-electron chi connectivity index (χ4n) is 3.57. The molecule has 0 spiro atoms. The number of fused-ring (bicyclic) bond motifs is 1. The van der Waals surface area contributed by atoms with Gasteiger partial charge < -0.3 is 10.1 Å². The normalized spacial score (nSPS) is 13.6. The standard InChI is InChI=1S/C23H16Br4N4O4/c1-9-7-10(2)29-23(28-9)30-12-5-4-6-13(8-12)35-22(34)11(3)31-20(32)14-15(21(31)33)17(25)19(27)18(26)16(14)24/h4-8,11H,1-3H3,(H,28,29,30). The van der Waals surface area contributed by atoms with E-state index in [0.29, 0.717) is 29.5 Å². The highest BCUT2D eigenvalue weighted by atomic mass is 79.9. The first kappa shape index (κ1) is 25.9. The lowest BCUT2D eigenvalue weighted by Gasteiger charge is -2.21. The van der Waals surface area contributed by atoms with Gasteiger partial charge in [0.1, 0.15) is 11.8 Å². The second-order valence-corrected chi connectivity index (χ2v) is 10.9. The number of aromatic nitrogens is 2. The van der Waals surface area contributed by atoms with Gasteiger partial charge in [-0.3, -0.25) is 14.5 Å². The zero-order chi connectivity index (χ0) is 25.6. The van der Waals surface area contributed by atoms with Crippen molar-refractivity contribution in [3.8, 4) is 5.75 Å². The maximum Gasteiger partial charge on any atom is 0.334 e. The third-order valence-electron chi connectivity index (χ3n) is 5.15. The van der Waals surface area contributed by atoms with Crippen LogP contribution in [0.5, 0.6) is 5.75 Å². The number of nitrogens with one attached hydrogen (secondary N) is 1. The Morgan fingerprint density at radius 3 is 2.00 bits per heavy atom. The van der Waals surface area contributed by atoms with Crippen LogP contribution in [0.25, 0.3) is 0 Å². The van der Waals surface area contributed by atoms with E-state index in [1.807, 2.05) is 19.9 Å². The summed E-state index contributed by atoms with van der Waals surface area (Å²) in [6.07, 6.45) is 0. The van der Waals surface area contributed by atoms with Crippen molar-refractivity contribution in [3.63, 3.8) is 0 Å². The number of nitrogens with zero attached hydrogens (tertiary/aromatic N) is 3. The van der Waals surface area contributed by atoms with Crippen molar-refractivity contribution in [1.29, 1.82) is 0 Å². The molecule has 4 rings (SSSR count). The number of rotatable bonds is 5. The number of hydrogen-bond donors (Lipinski definition) is 1. The molecule has 8 nitrogen and oxygen atoms in total. The Balaban J connectivity index is 1.54. The quantitative estimate of drug-likeness (QED) is 0.106. The summed E-state index contributed by atoms with van der Waals surface area (Å²) in [6, 6.07) is 7.37. The molecule has 3 aromatic rings. The van der Waals surface area contributed by atoms with Crippen LogP contribution in [0.3, 0.4) is 0 Å². The van der Waals surface area contributed by atoms with E-state index in [1.165, 1.54) is 6.92 Å². The summed E-state index contributed by atoms with van der Waals surface area (Å²) in [5.41, 5.74) is 2.56. The van der Waals surface area contributed by atoms with Gasteiger partial charge in [-0.05, 0) is 103 Å². The SMILES string of the molecule is Cc1cc(C)nc(Nc2cccc(OC(=O)C(C)N3C(=O)c4c(Br)c(Br)c(Br)c(Br)c4C3=O)c2)n1. The van der Waals surface area contributed by atoms with Crippen LogP contribution in [0.2, 0.25) is 0 Å². The van der Waals surface area contributed by atoms with E-state index in [4.69, 9.17) is 4.74 Å². The number of carbonyl (C=O) groups is 3. The van der Waals surface area contributed by atoms with Crippen molar-refractivity contribution in [2.24, 2.45) is 0 Å². The topological polar surface area (TPSA) is 101 Å². The van der Waals surface area contributed by atoms with Crippen LogP contribution >= 0.6 is 63.7 Å². The monoisotopic (exact) mass is 728 g/mol. The number of imide groups is 1. The van der Waals surface area contributed by atoms with Crippen molar-refractivity contribution >= 4 is 93.1 Å². The van der Waals surface area contributed by atoms with Crippen LogP contribution < -0.4 is 10.1 Å². The Hall–Kier alpha value is -2.15. The van der Waals surface area contributed by atoms with E-state index in [0.717, 1.165) is 16.3 Å². The van der Waals surface area contributed by atoms with Gasteiger partial charge >= 0.3 is 5.97 Å². The highest BCUT2D eigenvalue weighted by molar-refractivity contribution is 9.15. The smallest absolute Gasteiger partial charge is 0.334 e. The van der Waals surface area contributed by atoms with Crippen molar-refractivity contribution in [2.45, 2.75) is 26.8 Å². The predicted octanol–water partition coefficient (Wildman–Crippen LogP) is 6.48. The van der Waals surface area contributed by atoms with Gasteiger partial charge in [0.25, 0.3) is 11.8 Å². The van der Waals surface area contributed by atoms with Crippen LogP contribution in [0.4, 0.5) is 11.6 Å². The molecule has 2 aromatic carbocycles. The van der Waals surface area contributed by atoms with E-state index < -0.39 is 23.8 Å². The molecule has 2 heterocycles. The number of esters is 1. The molecular formula is C23H16Br4N4O4. The van der Waals surface area contributed by atoms with Crippen molar-refractivity contribution in [1.82, 2.24) is 14.9 Å².